The fourth-order valence-electron chi connectivity index (χ4n) is 1.11. The second-order valence-electron chi connectivity index (χ2n) is 2.51. The molecule has 5 heteroatoms. The Hall–Kier alpha value is -0.430. The molecule has 3 nitrogen and oxygen atoms in total. The van der Waals surface area contributed by atoms with Crippen molar-refractivity contribution in [2.45, 2.75) is 0 Å². The molecule has 66 valence electrons. The van der Waals surface area contributed by atoms with Gasteiger partial charge in [0.05, 0.1) is 10.9 Å². The number of H-pyrrole nitrogens is 1. The van der Waals surface area contributed by atoms with Crippen molar-refractivity contribution in [2.24, 2.45) is 0 Å². The van der Waals surface area contributed by atoms with E-state index in [9.17, 15) is 4.79 Å². The molecule has 0 unspecified atom stereocenters. The van der Waals surface area contributed by atoms with Crippen molar-refractivity contribution >= 4 is 49.4 Å². The van der Waals surface area contributed by atoms with Gasteiger partial charge in [0, 0.05) is 4.47 Å². The van der Waals surface area contributed by atoms with Crippen LogP contribution >= 0.6 is 38.5 Å². The predicted molar refractivity (Wildman–Crippen MR) is 62.8 cm³/mol. The quantitative estimate of drug-likeness (QED) is 0.741. The van der Waals surface area contributed by atoms with Gasteiger partial charge in [0.1, 0.15) is 0 Å². The smallest absolute Gasteiger partial charge is 0.222 e. The molecular weight excluding hydrogens is 347 g/mol. The van der Waals surface area contributed by atoms with E-state index >= 15 is 0 Å². The number of aromatic nitrogens is 2. The van der Waals surface area contributed by atoms with Crippen LogP contribution in [0.1, 0.15) is 0 Å². The number of aromatic amines is 1. The lowest BCUT2D eigenvalue weighted by Gasteiger charge is -1.98. The van der Waals surface area contributed by atoms with Crippen molar-refractivity contribution in [3.8, 4) is 0 Å². The average molecular weight is 351 g/mol. The molecule has 2 rings (SSSR count). The number of fused-ring (bicyclic) bond motifs is 1. The van der Waals surface area contributed by atoms with Crippen molar-refractivity contribution in [1.82, 2.24) is 10.2 Å². The molecule has 1 aromatic heterocycles. The molecule has 0 amide bonds. The zero-order valence-electron chi connectivity index (χ0n) is 6.34. The summed E-state index contributed by atoms with van der Waals surface area (Å²) in [6.45, 7) is 0. The lowest BCUT2D eigenvalue weighted by atomic mass is 10.2. The lowest BCUT2D eigenvalue weighted by Crippen LogP contribution is -2.10. The highest BCUT2D eigenvalue weighted by atomic mass is 127. The standard InChI is InChI=1S/C8H4BrIN2O/c9-4-2-1-3-5-6(4)7(13)8(10)12-11-5/h1-3H,(H,11,13). The predicted octanol–water partition coefficient (Wildman–Crippen LogP) is 2.29. The Morgan fingerprint density at radius 1 is 1.46 bits per heavy atom. The lowest BCUT2D eigenvalue weighted by molar-refractivity contribution is 1.03. The number of hydrogen-bond acceptors (Lipinski definition) is 2. The van der Waals surface area contributed by atoms with Gasteiger partial charge in [-0.05, 0) is 50.7 Å². The first kappa shape index (κ1) is 9.14. The molecule has 1 aromatic carbocycles. The fraction of sp³-hybridized carbons (Fsp3) is 0. The Kier molecular flexibility index (Phi) is 2.37. The molecule has 0 aliphatic carbocycles. The number of rotatable bonds is 0. The van der Waals surface area contributed by atoms with Crippen LogP contribution < -0.4 is 5.43 Å². The summed E-state index contributed by atoms with van der Waals surface area (Å²) in [7, 11) is 0. The van der Waals surface area contributed by atoms with Crippen LogP contribution in [-0.2, 0) is 0 Å². The van der Waals surface area contributed by atoms with Gasteiger partial charge in [-0.25, -0.2) is 0 Å². The third-order valence-corrected chi connectivity index (χ3v) is 3.09. The SMILES string of the molecule is O=c1c(I)n[nH]c2cccc(Br)c12. The first-order valence-electron chi connectivity index (χ1n) is 3.52. The molecule has 1 heterocycles. The van der Waals surface area contributed by atoms with E-state index in [1.54, 1.807) is 0 Å². The molecule has 0 bridgehead atoms. The van der Waals surface area contributed by atoms with E-state index in [4.69, 9.17) is 0 Å². The summed E-state index contributed by atoms with van der Waals surface area (Å²) in [5, 5.41) is 7.34. The van der Waals surface area contributed by atoms with Crippen LogP contribution in [0, 0.1) is 3.70 Å². The zero-order valence-corrected chi connectivity index (χ0v) is 10.1. The minimum absolute atomic E-state index is 0.0400. The van der Waals surface area contributed by atoms with Crippen molar-refractivity contribution in [3.63, 3.8) is 0 Å². The Morgan fingerprint density at radius 2 is 2.23 bits per heavy atom. The Labute approximate surface area is 95.8 Å². The number of hydrogen-bond donors (Lipinski definition) is 1. The van der Waals surface area contributed by atoms with Gasteiger partial charge >= 0.3 is 0 Å². The Balaban J connectivity index is 3.06. The van der Waals surface area contributed by atoms with Crippen LogP contribution in [-0.4, -0.2) is 10.2 Å². The average Bonchev–Trinajstić information content (AvgIpc) is 2.12. The summed E-state index contributed by atoms with van der Waals surface area (Å²) >= 11 is 5.24. The number of halogens is 2. The first-order chi connectivity index (χ1) is 6.20. The minimum atomic E-state index is -0.0400. The summed E-state index contributed by atoms with van der Waals surface area (Å²) in [5.74, 6) is 0. The summed E-state index contributed by atoms with van der Waals surface area (Å²) in [5.41, 5.74) is 0.710. The maximum absolute atomic E-state index is 11.6. The maximum atomic E-state index is 11.6. The van der Waals surface area contributed by atoms with Crippen LogP contribution in [0.5, 0.6) is 0 Å². The molecule has 0 atom stereocenters. The van der Waals surface area contributed by atoms with Gasteiger partial charge in [0.15, 0.2) is 3.70 Å². The molecule has 0 spiro atoms. The van der Waals surface area contributed by atoms with Crippen LogP contribution in [0.4, 0.5) is 0 Å². The third kappa shape index (κ3) is 1.50. The van der Waals surface area contributed by atoms with Gasteiger partial charge in [0.25, 0.3) is 0 Å². The largest absolute Gasteiger partial charge is 0.286 e. The van der Waals surface area contributed by atoms with Crippen LogP contribution in [0.3, 0.4) is 0 Å². The molecule has 0 aliphatic rings. The van der Waals surface area contributed by atoms with Gasteiger partial charge in [-0.2, -0.15) is 5.10 Å². The highest BCUT2D eigenvalue weighted by molar-refractivity contribution is 14.1. The number of nitrogens with one attached hydrogen (secondary N) is 1. The summed E-state index contributed by atoms with van der Waals surface area (Å²) in [6, 6.07) is 5.52. The zero-order chi connectivity index (χ0) is 9.42. The molecule has 0 aliphatic heterocycles. The van der Waals surface area contributed by atoms with E-state index in [0.29, 0.717) is 9.09 Å². The highest BCUT2D eigenvalue weighted by Crippen LogP contribution is 2.18. The van der Waals surface area contributed by atoms with Crippen molar-refractivity contribution < 1.29 is 0 Å². The second-order valence-corrected chi connectivity index (χ2v) is 4.38. The first-order valence-corrected chi connectivity index (χ1v) is 5.40. The maximum Gasteiger partial charge on any atom is 0.222 e. The van der Waals surface area contributed by atoms with Crippen LogP contribution in [0.25, 0.3) is 10.9 Å². The summed E-state index contributed by atoms with van der Waals surface area (Å²) < 4.78 is 1.25. The summed E-state index contributed by atoms with van der Waals surface area (Å²) in [6.07, 6.45) is 0. The van der Waals surface area contributed by atoms with Crippen LogP contribution in [0.2, 0.25) is 0 Å². The van der Waals surface area contributed by atoms with E-state index in [0.717, 1.165) is 9.99 Å². The highest BCUT2D eigenvalue weighted by Gasteiger charge is 2.06. The number of nitrogens with zero attached hydrogens (tertiary/aromatic N) is 1. The molecule has 1 N–H and O–H groups in total. The molecule has 0 saturated heterocycles. The minimum Gasteiger partial charge on any atom is -0.286 e. The van der Waals surface area contributed by atoms with Gasteiger partial charge in [0.2, 0.25) is 5.43 Å². The topological polar surface area (TPSA) is 45.8 Å². The summed E-state index contributed by atoms with van der Waals surface area (Å²) in [4.78, 5) is 11.6. The Morgan fingerprint density at radius 3 is 3.00 bits per heavy atom. The van der Waals surface area contributed by atoms with E-state index < -0.39 is 0 Å². The van der Waals surface area contributed by atoms with Gasteiger partial charge in [-0.1, -0.05) is 6.07 Å². The Bertz CT molecular complexity index is 523. The molecule has 2 aromatic rings. The molecule has 0 radical (unpaired) electrons. The van der Waals surface area contributed by atoms with E-state index in [-0.39, 0.29) is 5.43 Å². The van der Waals surface area contributed by atoms with Crippen molar-refractivity contribution in [1.29, 1.82) is 0 Å². The van der Waals surface area contributed by atoms with Gasteiger partial charge in [-0.3, -0.25) is 9.89 Å². The molecule has 0 saturated carbocycles. The van der Waals surface area contributed by atoms with Gasteiger partial charge in [-0.15, -0.1) is 0 Å². The van der Waals surface area contributed by atoms with E-state index in [2.05, 4.69) is 26.1 Å². The van der Waals surface area contributed by atoms with E-state index in [1.807, 2.05) is 40.8 Å². The van der Waals surface area contributed by atoms with Gasteiger partial charge < -0.3 is 0 Å². The monoisotopic (exact) mass is 350 g/mol. The molecule has 13 heavy (non-hydrogen) atoms. The normalized spacial score (nSPS) is 10.6. The molecule has 0 fully saturated rings. The third-order valence-electron chi connectivity index (χ3n) is 1.70. The number of benzene rings is 1. The van der Waals surface area contributed by atoms with Crippen molar-refractivity contribution in [2.75, 3.05) is 0 Å². The fourth-order valence-corrected chi connectivity index (χ4v) is 2.05. The van der Waals surface area contributed by atoms with E-state index in [1.165, 1.54) is 0 Å². The van der Waals surface area contributed by atoms with Crippen LogP contribution in [0.15, 0.2) is 27.5 Å². The van der Waals surface area contributed by atoms with Crippen molar-refractivity contribution in [3.05, 3.63) is 36.6 Å². The second kappa shape index (κ2) is 3.38. The molecular formula is C8H4BrIN2O.